The molecule has 3 N–H and O–H groups in total. The SMILES string of the molecule is Cn1cc2c(c1C(=O)Nc1ccc(F)c(C#N)c1)CCC(C(C)(C)O)NS2(=O)=O. The van der Waals surface area contributed by atoms with Gasteiger partial charge in [0, 0.05) is 24.5 Å². The normalized spacial score (nSPS) is 18.4. The molecule has 0 spiro atoms. The molecular formula is C19H21FN4O4S. The summed E-state index contributed by atoms with van der Waals surface area (Å²) in [6.45, 7) is 3.04. The quantitative estimate of drug-likeness (QED) is 0.697. The fourth-order valence-electron chi connectivity index (χ4n) is 3.39. The summed E-state index contributed by atoms with van der Waals surface area (Å²) in [7, 11) is -2.39. The van der Waals surface area contributed by atoms with Crippen LogP contribution >= 0.6 is 0 Å². The van der Waals surface area contributed by atoms with Gasteiger partial charge >= 0.3 is 0 Å². The van der Waals surface area contributed by atoms with Gasteiger partial charge in [-0.15, -0.1) is 0 Å². The number of carbonyl (C=O) groups is 1. The molecule has 154 valence electrons. The number of nitrogens with zero attached hydrogens (tertiary/aromatic N) is 2. The second-order valence-electron chi connectivity index (χ2n) is 7.56. The number of aromatic nitrogens is 1. The Hall–Kier alpha value is -2.74. The Morgan fingerprint density at radius 3 is 2.76 bits per heavy atom. The van der Waals surface area contributed by atoms with Crippen molar-refractivity contribution < 1.29 is 22.7 Å². The number of fused-ring (bicyclic) bond motifs is 1. The van der Waals surface area contributed by atoms with E-state index in [0.29, 0.717) is 12.0 Å². The molecule has 0 fully saturated rings. The average molecular weight is 420 g/mol. The van der Waals surface area contributed by atoms with Crippen LogP contribution in [0.3, 0.4) is 0 Å². The van der Waals surface area contributed by atoms with Crippen LogP contribution in [0.1, 0.15) is 41.9 Å². The summed E-state index contributed by atoms with van der Waals surface area (Å²) < 4.78 is 43.0. The van der Waals surface area contributed by atoms with E-state index in [1.807, 2.05) is 0 Å². The second-order valence-corrected chi connectivity index (χ2v) is 9.24. The number of nitriles is 1. The highest BCUT2D eigenvalue weighted by molar-refractivity contribution is 7.89. The summed E-state index contributed by atoms with van der Waals surface area (Å²) in [6, 6.07) is 4.58. The molecule has 1 unspecified atom stereocenters. The molecule has 0 aliphatic carbocycles. The Morgan fingerprint density at radius 1 is 1.45 bits per heavy atom. The van der Waals surface area contributed by atoms with Crippen LogP contribution in [0.15, 0.2) is 29.3 Å². The van der Waals surface area contributed by atoms with Crippen LogP contribution in [-0.2, 0) is 23.5 Å². The third-order valence-corrected chi connectivity index (χ3v) is 6.45. The molecule has 1 aliphatic heterocycles. The van der Waals surface area contributed by atoms with Crippen LogP contribution in [0.25, 0.3) is 0 Å². The van der Waals surface area contributed by atoms with Gasteiger partial charge < -0.3 is 15.0 Å². The molecule has 10 heteroatoms. The summed E-state index contributed by atoms with van der Waals surface area (Å²) in [5.41, 5.74) is -0.792. The van der Waals surface area contributed by atoms with Gasteiger partial charge in [0.2, 0.25) is 10.0 Å². The van der Waals surface area contributed by atoms with E-state index >= 15 is 0 Å². The van der Waals surface area contributed by atoms with E-state index in [0.717, 1.165) is 6.07 Å². The van der Waals surface area contributed by atoms with Gasteiger partial charge in [-0.05, 0) is 44.9 Å². The lowest BCUT2D eigenvalue weighted by atomic mass is 9.93. The monoisotopic (exact) mass is 420 g/mol. The number of nitrogens with one attached hydrogen (secondary N) is 2. The molecule has 1 aromatic carbocycles. The molecule has 0 saturated carbocycles. The number of carbonyl (C=O) groups excluding carboxylic acids is 1. The van der Waals surface area contributed by atoms with E-state index in [1.54, 1.807) is 13.1 Å². The first-order chi connectivity index (χ1) is 13.4. The smallest absolute Gasteiger partial charge is 0.272 e. The van der Waals surface area contributed by atoms with Crippen molar-refractivity contribution in [3.05, 3.63) is 47.0 Å². The molecule has 2 aromatic rings. The predicted molar refractivity (Wildman–Crippen MR) is 103 cm³/mol. The highest BCUT2D eigenvalue weighted by atomic mass is 32.2. The molecular weight excluding hydrogens is 399 g/mol. The number of hydrogen-bond donors (Lipinski definition) is 3. The molecule has 3 rings (SSSR count). The number of aliphatic hydroxyl groups is 1. The number of rotatable bonds is 3. The Bertz CT molecular complexity index is 1130. The number of benzene rings is 1. The maximum Gasteiger partial charge on any atom is 0.272 e. The highest BCUT2D eigenvalue weighted by Crippen LogP contribution is 2.30. The topological polar surface area (TPSA) is 124 Å². The minimum absolute atomic E-state index is 0.0197. The van der Waals surface area contributed by atoms with Crippen LogP contribution < -0.4 is 10.0 Å². The van der Waals surface area contributed by atoms with Crippen molar-refractivity contribution in [3.8, 4) is 6.07 Å². The first-order valence-corrected chi connectivity index (χ1v) is 10.4. The fraction of sp³-hybridized carbons (Fsp3) is 0.368. The number of amides is 1. The fourth-order valence-corrected chi connectivity index (χ4v) is 5.12. The van der Waals surface area contributed by atoms with E-state index in [4.69, 9.17) is 5.26 Å². The van der Waals surface area contributed by atoms with Crippen molar-refractivity contribution in [3.63, 3.8) is 0 Å². The summed E-state index contributed by atoms with van der Waals surface area (Å²) in [5.74, 6) is -1.28. The number of halogens is 1. The Kier molecular flexibility index (Phi) is 5.25. The van der Waals surface area contributed by atoms with Crippen molar-refractivity contribution >= 4 is 21.6 Å². The van der Waals surface area contributed by atoms with Gasteiger partial charge in [0.15, 0.2) is 0 Å². The van der Waals surface area contributed by atoms with Crippen molar-refractivity contribution in [2.24, 2.45) is 7.05 Å². The number of anilines is 1. The largest absolute Gasteiger partial charge is 0.389 e. The molecule has 29 heavy (non-hydrogen) atoms. The third-order valence-electron chi connectivity index (χ3n) is 4.93. The van der Waals surface area contributed by atoms with Gasteiger partial charge in [0.05, 0.1) is 17.2 Å². The molecule has 0 bridgehead atoms. The second kappa shape index (κ2) is 7.26. The maximum atomic E-state index is 13.5. The van der Waals surface area contributed by atoms with Gasteiger partial charge in [-0.2, -0.15) is 5.26 Å². The van der Waals surface area contributed by atoms with E-state index in [2.05, 4.69) is 10.0 Å². The number of hydrogen-bond acceptors (Lipinski definition) is 5. The third kappa shape index (κ3) is 4.03. The van der Waals surface area contributed by atoms with Crippen LogP contribution in [-0.4, -0.2) is 35.6 Å². The van der Waals surface area contributed by atoms with Crippen molar-refractivity contribution in [2.45, 2.75) is 43.2 Å². The summed E-state index contributed by atoms with van der Waals surface area (Å²) in [6.07, 6.45) is 1.91. The molecule has 2 heterocycles. The van der Waals surface area contributed by atoms with Crippen molar-refractivity contribution in [2.75, 3.05) is 5.32 Å². The van der Waals surface area contributed by atoms with Gasteiger partial charge in [0.1, 0.15) is 22.5 Å². The Labute approximate surface area is 168 Å². The summed E-state index contributed by atoms with van der Waals surface area (Å²) in [4.78, 5) is 12.9. The van der Waals surface area contributed by atoms with Crippen molar-refractivity contribution in [1.29, 1.82) is 5.26 Å². The standard InChI is InChI=1S/C19H21FN4O4S/c1-19(2,26)16-7-5-13-15(29(27,28)23-16)10-24(3)17(13)18(25)22-12-4-6-14(20)11(8-12)9-21/h4,6,8,10,16,23,26H,5,7H2,1-3H3,(H,22,25). The minimum Gasteiger partial charge on any atom is -0.389 e. The molecule has 1 atom stereocenters. The predicted octanol–water partition coefficient (Wildman–Crippen LogP) is 1.65. The zero-order valence-corrected chi connectivity index (χ0v) is 17.0. The van der Waals surface area contributed by atoms with Crippen molar-refractivity contribution in [1.82, 2.24) is 9.29 Å². The van der Waals surface area contributed by atoms with E-state index in [1.165, 1.54) is 36.7 Å². The van der Waals surface area contributed by atoms with Gasteiger partial charge in [0.25, 0.3) is 5.91 Å². The summed E-state index contributed by atoms with van der Waals surface area (Å²) >= 11 is 0. The lowest BCUT2D eigenvalue weighted by Crippen LogP contribution is -2.48. The van der Waals surface area contributed by atoms with Crippen LogP contribution in [0.2, 0.25) is 0 Å². The molecule has 0 radical (unpaired) electrons. The molecule has 1 aliphatic rings. The summed E-state index contributed by atoms with van der Waals surface area (Å²) in [5, 5.41) is 21.8. The molecule has 1 amide bonds. The lowest BCUT2D eigenvalue weighted by molar-refractivity contribution is 0.0434. The minimum atomic E-state index is -3.94. The zero-order chi connectivity index (χ0) is 21.6. The molecule has 0 saturated heterocycles. The highest BCUT2D eigenvalue weighted by Gasteiger charge is 2.37. The van der Waals surface area contributed by atoms with Crippen LogP contribution in [0.5, 0.6) is 0 Å². The lowest BCUT2D eigenvalue weighted by Gasteiger charge is -2.28. The van der Waals surface area contributed by atoms with Gasteiger partial charge in [-0.1, -0.05) is 0 Å². The molecule has 8 nitrogen and oxygen atoms in total. The van der Waals surface area contributed by atoms with Crippen LogP contribution in [0.4, 0.5) is 10.1 Å². The first kappa shape index (κ1) is 21.0. The maximum absolute atomic E-state index is 13.5. The van der Waals surface area contributed by atoms with Crippen LogP contribution in [0, 0.1) is 17.1 Å². The Balaban J connectivity index is 1.98. The number of sulfonamides is 1. The Morgan fingerprint density at radius 2 is 2.14 bits per heavy atom. The zero-order valence-electron chi connectivity index (χ0n) is 16.2. The van der Waals surface area contributed by atoms with E-state index in [-0.39, 0.29) is 28.3 Å². The average Bonchev–Trinajstić information content (AvgIpc) is 2.89. The molecule has 1 aromatic heterocycles. The van der Waals surface area contributed by atoms with Gasteiger partial charge in [-0.3, -0.25) is 4.79 Å². The number of aryl methyl sites for hydroxylation is 1. The van der Waals surface area contributed by atoms with Gasteiger partial charge in [-0.25, -0.2) is 17.5 Å². The first-order valence-electron chi connectivity index (χ1n) is 8.88. The van der Waals surface area contributed by atoms with E-state index in [9.17, 15) is 22.7 Å². The van der Waals surface area contributed by atoms with E-state index < -0.39 is 33.4 Å².